The Morgan fingerprint density at radius 1 is 0.939 bits per heavy atom. The summed E-state index contributed by atoms with van der Waals surface area (Å²) in [7, 11) is 0. The lowest BCUT2D eigenvalue weighted by atomic mass is 10.0. The highest BCUT2D eigenvalue weighted by Crippen LogP contribution is 2.33. The van der Waals surface area contributed by atoms with Crippen LogP contribution < -0.4 is 0 Å². The highest BCUT2D eigenvalue weighted by Gasteiger charge is 2.35. The van der Waals surface area contributed by atoms with Crippen LogP contribution in [0.3, 0.4) is 0 Å². The van der Waals surface area contributed by atoms with E-state index < -0.39 is 0 Å². The van der Waals surface area contributed by atoms with Crippen molar-refractivity contribution in [1.29, 1.82) is 0 Å². The van der Waals surface area contributed by atoms with E-state index >= 15 is 0 Å². The number of hydrogen-bond acceptors (Lipinski definition) is 6. The number of hydrazone groups is 1. The number of benzene rings is 1. The van der Waals surface area contributed by atoms with Crippen molar-refractivity contribution in [1.82, 2.24) is 9.91 Å². The molecule has 0 radical (unpaired) electrons. The first-order chi connectivity index (χ1) is 16.2. The molecule has 0 bridgehead atoms. The van der Waals surface area contributed by atoms with E-state index in [-0.39, 0.29) is 18.5 Å². The summed E-state index contributed by atoms with van der Waals surface area (Å²) in [5, 5.41) is 6.30. The van der Waals surface area contributed by atoms with Crippen molar-refractivity contribution in [3.63, 3.8) is 0 Å². The maximum atomic E-state index is 13.5. The molecule has 5 rings (SSSR count). The van der Waals surface area contributed by atoms with E-state index in [1.165, 1.54) is 5.56 Å². The third-order valence-corrected chi connectivity index (χ3v) is 5.70. The van der Waals surface area contributed by atoms with Crippen LogP contribution in [0, 0.1) is 6.92 Å². The number of rotatable bonds is 8. The van der Waals surface area contributed by atoms with Gasteiger partial charge in [-0.2, -0.15) is 5.10 Å². The van der Waals surface area contributed by atoms with Crippen LogP contribution in [0.2, 0.25) is 0 Å². The topological polar surface area (TPSA) is 75.3 Å². The molecule has 1 amide bonds. The maximum absolute atomic E-state index is 13.5. The average Bonchev–Trinajstić information content (AvgIpc) is 3.61. The molecule has 0 N–H and O–H groups in total. The molecule has 0 aliphatic carbocycles. The molecule has 33 heavy (non-hydrogen) atoms. The Kier molecular flexibility index (Phi) is 5.95. The number of hydrogen-bond donors (Lipinski definition) is 0. The molecule has 1 unspecified atom stereocenters. The van der Waals surface area contributed by atoms with Gasteiger partial charge in [-0.3, -0.25) is 9.69 Å². The van der Waals surface area contributed by atoms with Gasteiger partial charge >= 0.3 is 0 Å². The van der Waals surface area contributed by atoms with Crippen molar-refractivity contribution in [2.45, 2.75) is 32.5 Å². The number of nitrogens with zero attached hydrogens (tertiary/aromatic N) is 3. The van der Waals surface area contributed by atoms with E-state index in [1.54, 1.807) is 23.8 Å². The monoisotopic (exact) mass is 443 g/mol. The molecular formula is C26H25N3O4. The fraction of sp³-hybridized carbons (Fsp3) is 0.231. The molecule has 7 nitrogen and oxygen atoms in total. The molecule has 0 saturated carbocycles. The fourth-order valence-electron chi connectivity index (χ4n) is 4.04. The zero-order valence-electron chi connectivity index (χ0n) is 18.4. The summed E-state index contributed by atoms with van der Waals surface area (Å²) in [6.07, 6.45) is 5.49. The van der Waals surface area contributed by atoms with Crippen LogP contribution in [-0.4, -0.2) is 28.1 Å². The summed E-state index contributed by atoms with van der Waals surface area (Å²) in [5.74, 6) is 2.17. The SMILES string of the molecule is Cc1ccc(C2=NN(C(=O)CN(Cc3ccco3)Cc3ccco3)C(c3ccco3)C2)cc1. The van der Waals surface area contributed by atoms with Gasteiger partial charge in [0.2, 0.25) is 0 Å². The standard InChI is InChI=1S/C26H25N3O4/c1-19-8-10-20(11-9-19)23-15-24(25-7-4-14-33-25)29(27-23)26(30)18-28(16-21-5-2-12-31-21)17-22-6-3-13-32-22/h2-14,24H,15-18H2,1H3. The summed E-state index contributed by atoms with van der Waals surface area (Å²) in [6.45, 7) is 3.16. The molecule has 0 spiro atoms. The number of amides is 1. The van der Waals surface area contributed by atoms with E-state index in [4.69, 9.17) is 18.4 Å². The van der Waals surface area contributed by atoms with Crippen LogP contribution in [0.15, 0.2) is 97.8 Å². The van der Waals surface area contributed by atoms with Crippen molar-refractivity contribution >= 4 is 11.6 Å². The molecule has 1 aliphatic heterocycles. The smallest absolute Gasteiger partial charge is 0.257 e. The number of aryl methyl sites for hydroxylation is 1. The zero-order chi connectivity index (χ0) is 22.6. The number of carbonyl (C=O) groups is 1. The Morgan fingerprint density at radius 3 is 2.15 bits per heavy atom. The van der Waals surface area contributed by atoms with Crippen LogP contribution >= 0.6 is 0 Å². The van der Waals surface area contributed by atoms with Gasteiger partial charge in [-0.15, -0.1) is 0 Å². The molecule has 168 valence electrons. The first kappa shape index (κ1) is 21.0. The fourth-order valence-corrected chi connectivity index (χ4v) is 4.04. The Labute approximate surface area is 191 Å². The maximum Gasteiger partial charge on any atom is 0.257 e. The van der Waals surface area contributed by atoms with Crippen molar-refractivity contribution < 1.29 is 18.0 Å². The third-order valence-electron chi connectivity index (χ3n) is 5.70. The van der Waals surface area contributed by atoms with Crippen molar-refractivity contribution in [2.75, 3.05) is 6.54 Å². The highest BCUT2D eigenvalue weighted by atomic mass is 16.3. The van der Waals surface area contributed by atoms with E-state index in [1.807, 2.05) is 60.4 Å². The summed E-state index contributed by atoms with van der Waals surface area (Å²) in [4.78, 5) is 15.5. The Morgan fingerprint density at radius 2 is 1.58 bits per heavy atom. The van der Waals surface area contributed by atoms with E-state index in [0.717, 1.165) is 28.6 Å². The van der Waals surface area contributed by atoms with Gasteiger partial charge in [0.25, 0.3) is 5.91 Å². The van der Waals surface area contributed by atoms with Gasteiger partial charge in [0, 0.05) is 6.42 Å². The summed E-state index contributed by atoms with van der Waals surface area (Å²) < 4.78 is 16.7. The van der Waals surface area contributed by atoms with Gasteiger partial charge in [0.1, 0.15) is 23.3 Å². The predicted octanol–water partition coefficient (Wildman–Crippen LogP) is 5.15. The van der Waals surface area contributed by atoms with Crippen molar-refractivity contribution in [3.8, 4) is 0 Å². The molecule has 0 saturated heterocycles. The van der Waals surface area contributed by atoms with Crippen LogP contribution in [-0.2, 0) is 17.9 Å². The van der Waals surface area contributed by atoms with Crippen LogP contribution in [0.25, 0.3) is 0 Å². The molecule has 1 atom stereocenters. The van der Waals surface area contributed by atoms with E-state index in [0.29, 0.717) is 19.5 Å². The molecule has 0 fully saturated rings. The van der Waals surface area contributed by atoms with Crippen molar-refractivity contribution in [3.05, 3.63) is 108 Å². The van der Waals surface area contributed by atoms with E-state index in [2.05, 4.69) is 12.1 Å². The summed E-state index contributed by atoms with van der Waals surface area (Å²) in [6, 6.07) is 19.1. The lowest BCUT2D eigenvalue weighted by Crippen LogP contribution is -2.37. The first-order valence-corrected chi connectivity index (χ1v) is 10.9. The van der Waals surface area contributed by atoms with Crippen LogP contribution in [0.5, 0.6) is 0 Å². The number of carbonyl (C=O) groups excluding carboxylic acids is 1. The molecule has 1 aliphatic rings. The Hall–Kier alpha value is -3.84. The Balaban J connectivity index is 1.39. The predicted molar refractivity (Wildman–Crippen MR) is 122 cm³/mol. The molecule has 4 aromatic rings. The zero-order valence-corrected chi connectivity index (χ0v) is 18.4. The second kappa shape index (κ2) is 9.34. The van der Waals surface area contributed by atoms with Gasteiger partial charge in [-0.1, -0.05) is 29.8 Å². The lowest BCUT2D eigenvalue weighted by molar-refractivity contribution is -0.135. The summed E-state index contributed by atoms with van der Waals surface area (Å²) >= 11 is 0. The van der Waals surface area contributed by atoms with Gasteiger partial charge in [0.15, 0.2) is 0 Å². The molecular weight excluding hydrogens is 418 g/mol. The molecule has 3 aromatic heterocycles. The van der Waals surface area contributed by atoms with E-state index in [9.17, 15) is 4.79 Å². The van der Waals surface area contributed by atoms with Crippen LogP contribution in [0.4, 0.5) is 0 Å². The minimum Gasteiger partial charge on any atom is -0.468 e. The molecule has 1 aromatic carbocycles. The normalized spacial score (nSPS) is 15.9. The summed E-state index contributed by atoms with van der Waals surface area (Å²) in [5.41, 5.74) is 3.06. The average molecular weight is 444 g/mol. The van der Waals surface area contributed by atoms with Gasteiger partial charge < -0.3 is 13.3 Å². The largest absolute Gasteiger partial charge is 0.468 e. The second-order valence-corrected chi connectivity index (χ2v) is 8.19. The second-order valence-electron chi connectivity index (χ2n) is 8.19. The van der Waals surface area contributed by atoms with Crippen LogP contribution in [0.1, 0.15) is 40.9 Å². The highest BCUT2D eigenvalue weighted by molar-refractivity contribution is 6.03. The van der Waals surface area contributed by atoms with Gasteiger partial charge in [-0.25, -0.2) is 5.01 Å². The third kappa shape index (κ3) is 4.83. The first-order valence-electron chi connectivity index (χ1n) is 10.9. The van der Waals surface area contributed by atoms with Gasteiger partial charge in [0.05, 0.1) is 44.1 Å². The lowest BCUT2D eigenvalue weighted by Gasteiger charge is -2.24. The minimum absolute atomic E-state index is 0.114. The minimum atomic E-state index is -0.280. The molecule has 7 heteroatoms. The molecule has 4 heterocycles. The number of furan rings is 3. The van der Waals surface area contributed by atoms with Gasteiger partial charge in [-0.05, 0) is 48.9 Å². The van der Waals surface area contributed by atoms with Crippen molar-refractivity contribution in [2.24, 2.45) is 5.10 Å². The quantitative estimate of drug-likeness (QED) is 0.376. The Bertz CT molecular complexity index is 1160.